The Hall–Kier alpha value is -4.67. The molecule has 1 amide bonds. The number of likely N-dealkylation sites (N-methyl/N-ethyl adjacent to an activating group) is 1. The number of aryl methyl sites for hydroxylation is 1. The summed E-state index contributed by atoms with van der Waals surface area (Å²) < 4.78 is 48.4. The number of amides is 1. The first kappa shape index (κ1) is 30.4. The lowest BCUT2D eigenvalue weighted by Crippen LogP contribution is -2.44. The van der Waals surface area contributed by atoms with Crippen LogP contribution in [0.3, 0.4) is 0 Å². The lowest BCUT2D eigenvalue weighted by molar-refractivity contribution is -0.138. The monoisotopic (exact) mass is 613 g/mol. The molecule has 1 aliphatic heterocycles. The van der Waals surface area contributed by atoms with Crippen molar-refractivity contribution in [1.82, 2.24) is 25.1 Å². The van der Waals surface area contributed by atoms with Gasteiger partial charge in [-0.3, -0.25) is 9.69 Å². The summed E-state index contributed by atoms with van der Waals surface area (Å²) in [5.74, 6) is 0.622. The number of benzene rings is 3. The van der Waals surface area contributed by atoms with Gasteiger partial charge < -0.3 is 19.9 Å². The van der Waals surface area contributed by atoms with E-state index < -0.39 is 17.6 Å². The van der Waals surface area contributed by atoms with Gasteiger partial charge in [-0.1, -0.05) is 48.5 Å². The number of pyridine rings is 1. The smallest absolute Gasteiger partial charge is 0.416 e. The molecule has 1 saturated heterocycles. The third kappa shape index (κ3) is 7.02. The lowest BCUT2D eigenvalue weighted by atomic mass is 10.0. The second-order valence-electron chi connectivity index (χ2n) is 11.4. The van der Waals surface area contributed by atoms with Gasteiger partial charge in [-0.25, -0.2) is 4.98 Å². The lowest BCUT2D eigenvalue weighted by Gasteiger charge is -2.33. The maximum atomic E-state index is 14.0. The number of piperazine rings is 1. The van der Waals surface area contributed by atoms with Crippen molar-refractivity contribution in [2.45, 2.75) is 26.2 Å². The minimum absolute atomic E-state index is 0.0456. The van der Waals surface area contributed by atoms with Gasteiger partial charge in [0, 0.05) is 62.7 Å². The number of hydrogen-bond donors (Lipinski definition) is 2. The Bertz CT molecular complexity index is 1810. The number of aromatic amines is 1. The minimum Gasteiger partial charge on any atom is -0.456 e. The molecule has 0 unspecified atom stereocenters. The number of hydrogen-bond acceptors (Lipinski definition) is 5. The Morgan fingerprint density at radius 3 is 2.51 bits per heavy atom. The van der Waals surface area contributed by atoms with Crippen LogP contribution in [0.25, 0.3) is 22.3 Å². The van der Waals surface area contributed by atoms with Crippen molar-refractivity contribution in [3.63, 3.8) is 0 Å². The van der Waals surface area contributed by atoms with Crippen molar-refractivity contribution in [2.24, 2.45) is 0 Å². The molecule has 0 radical (unpaired) electrons. The van der Waals surface area contributed by atoms with Gasteiger partial charge in [-0.15, -0.1) is 0 Å². The van der Waals surface area contributed by atoms with E-state index in [0.29, 0.717) is 33.8 Å². The molecule has 232 valence electrons. The van der Waals surface area contributed by atoms with Gasteiger partial charge in [0.1, 0.15) is 17.1 Å². The van der Waals surface area contributed by atoms with Gasteiger partial charge in [-0.2, -0.15) is 13.2 Å². The molecule has 45 heavy (non-hydrogen) atoms. The fourth-order valence-electron chi connectivity index (χ4n) is 5.54. The standard InChI is InChI=1S/C35H34F3N5O2/c1-23-8-11-27(45-32-20-31(25-6-4-3-5-7-25)41-33-28(32)12-13-39-33)19-29(23)34(44)40-21-24-9-10-26(30(18-24)35(36,37)38)22-43-16-14-42(2)15-17-43/h3-13,18-20H,14-17,21-22H2,1-2H3,(H,39,41)(H,40,44). The summed E-state index contributed by atoms with van der Waals surface area (Å²) in [5.41, 5.74) is 3.38. The zero-order valence-corrected chi connectivity index (χ0v) is 25.1. The Kier molecular flexibility index (Phi) is 8.60. The predicted molar refractivity (Wildman–Crippen MR) is 168 cm³/mol. The van der Waals surface area contributed by atoms with Gasteiger partial charge in [0.2, 0.25) is 0 Å². The molecular formula is C35H34F3N5O2. The highest BCUT2D eigenvalue weighted by atomic mass is 19.4. The molecule has 3 heterocycles. The van der Waals surface area contributed by atoms with Gasteiger partial charge in [0.05, 0.1) is 16.6 Å². The second-order valence-corrected chi connectivity index (χ2v) is 11.4. The number of ether oxygens (including phenoxy) is 1. The zero-order valence-electron chi connectivity index (χ0n) is 25.1. The van der Waals surface area contributed by atoms with Crippen molar-refractivity contribution >= 4 is 16.9 Å². The number of halogens is 3. The third-order valence-electron chi connectivity index (χ3n) is 8.16. The van der Waals surface area contributed by atoms with E-state index >= 15 is 0 Å². The van der Waals surface area contributed by atoms with E-state index in [0.717, 1.165) is 48.9 Å². The normalized spacial score (nSPS) is 14.5. The Labute approximate surface area is 259 Å². The molecule has 0 saturated carbocycles. The summed E-state index contributed by atoms with van der Waals surface area (Å²) in [5, 5.41) is 3.58. The van der Waals surface area contributed by atoms with E-state index in [1.54, 1.807) is 37.4 Å². The number of nitrogens with zero attached hydrogens (tertiary/aromatic N) is 3. The van der Waals surface area contributed by atoms with Gasteiger partial charge >= 0.3 is 6.18 Å². The predicted octanol–water partition coefficient (Wildman–Crippen LogP) is 7.03. The average Bonchev–Trinajstić information content (AvgIpc) is 3.52. The number of carbonyl (C=O) groups is 1. The molecule has 7 nitrogen and oxygen atoms in total. The van der Waals surface area contributed by atoms with Gasteiger partial charge in [-0.05, 0) is 54.9 Å². The number of aromatic nitrogens is 2. The van der Waals surface area contributed by atoms with E-state index in [4.69, 9.17) is 9.72 Å². The molecule has 0 bridgehead atoms. The second kappa shape index (κ2) is 12.7. The first-order valence-corrected chi connectivity index (χ1v) is 14.8. The molecule has 0 atom stereocenters. The maximum absolute atomic E-state index is 14.0. The number of rotatable bonds is 8. The van der Waals surface area contributed by atoms with Crippen molar-refractivity contribution in [1.29, 1.82) is 0 Å². The SMILES string of the molecule is Cc1ccc(Oc2cc(-c3ccccc3)nc3[nH]ccc23)cc1C(=O)NCc1ccc(CN2CCN(C)CC2)c(C(F)(F)F)c1. The molecule has 1 aliphatic rings. The average molecular weight is 614 g/mol. The van der Waals surface area contributed by atoms with Crippen LogP contribution < -0.4 is 10.1 Å². The molecule has 6 rings (SSSR count). The van der Waals surface area contributed by atoms with E-state index in [1.807, 2.05) is 54.4 Å². The van der Waals surface area contributed by atoms with Crippen LogP contribution in [0.2, 0.25) is 0 Å². The molecule has 3 aromatic carbocycles. The molecule has 1 fully saturated rings. The number of nitrogens with one attached hydrogen (secondary N) is 2. The number of H-pyrrole nitrogens is 1. The van der Waals surface area contributed by atoms with Gasteiger partial charge in [0.25, 0.3) is 5.91 Å². The Morgan fingerprint density at radius 2 is 1.76 bits per heavy atom. The fourth-order valence-corrected chi connectivity index (χ4v) is 5.54. The highest BCUT2D eigenvalue weighted by molar-refractivity contribution is 5.96. The molecule has 2 N–H and O–H groups in total. The van der Waals surface area contributed by atoms with E-state index in [-0.39, 0.29) is 18.7 Å². The van der Waals surface area contributed by atoms with Crippen molar-refractivity contribution < 1.29 is 22.7 Å². The van der Waals surface area contributed by atoms with Crippen LogP contribution in [0.1, 0.15) is 32.6 Å². The van der Waals surface area contributed by atoms with Crippen LogP contribution in [0.15, 0.2) is 85.1 Å². The molecular weight excluding hydrogens is 579 g/mol. The summed E-state index contributed by atoms with van der Waals surface area (Å²) in [7, 11) is 2.01. The quantitative estimate of drug-likeness (QED) is 0.197. The highest BCUT2D eigenvalue weighted by Gasteiger charge is 2.34. The summed E-state index contributed by atoms with van der Waals surface area (Å²) in [6, 6.07) is 23.0. The summed E-state index contributed by atoms with van der Waals surface area (Å²) in [4.78, 5) is 25.3. The Balaban J connectivity index is 1.18. The third-order valence-corrected chi connectivity index (χ3v) is 8.16. The minimum atomic E-state index is -4.50. The van der Waals surface area contributed by atoms with Crippen LogP contribution in [-0.2, 0) is 19.3 Å². The van der Waals surface area contributed by atoms with E-state index in [9.17, 15) is 18.0 Å². The maximum Gasteiger partial charge on any atom is 0.416 e. The molecule has 0 spiro atoms. The number of carbonyl (C=O) groups excluding carboxylic acids is 1. The first-order valence-electron chi connectivity index (χ1n) is 14.8. The first-order chi connectivity index (χ1) is 21.6. The van der Waals surface area contributed by atoms with Gasteiger partial charge in [0.15, 0.2) is 0 Å². The molecule has 0 aliphatic carbocycles. The van der Waals surface area contributed by atoms with Crippen LogP contribution in [-0.4, -0.2) is 58.9 Å². The van der Waals surface area contributed by atoms with Crippen LogP contribution in [0, 0.1) is 6.92 Å². The van der Waals surface area contributed by atoms with Crippen molar-refractivity contribution in [3.05, 3.63) is 113 Å². The summed E-state index contributed by atoms with van der Waals surface area (Å²) in [6.07, 6.45) is -2.71. The summed E-state index contributed by atoms with van der Waals surface area (Å²) >= 11 is 0. The summed E-state index contributed by atoms with van der Waals surface area (Å²) in [6.45, 7) is 5.09. The van der Waals surface area contributed by atoms with E-state index in [2.05, 4.69) is 15.2 Å². The topological polar surface area (TPSA) is 73.5 Å². The largest absolute Gasteiger partial charge is 0.456 e. The highest BCUT2D eigenvalue weighted by Crippen LogP contribution is 2.35. The number of alkyl halides is 3. The molecule has 10 heteroatoms. The van der Waals surface area contributed by atoms with Crippen LogP contribution in [0.5, 0.6) is 11.5 Å². The number of fused-ring (bicyclic) bond motifs is 1. The van der Waals surface area contributed by atoms with Crippen LogP contribution >= 0.6 is 0 Å². The van der Waals surface area contributed by atoms with E-state index in [1.165, 1.54) is 6.07 Å². The Morgan fingerprint density at radius 1 is 0.978 bits per heavy atom. The molecule has 5 aromatic rings. The zero-order chi connectivity index (χ0) is 31.6. The van der Waals surface area contributed by atoms with Crippen molar-refractivity contribution in [3.8, 4) is 22.8 Å². The molecule has 2 aromatic heterocycles. The van der Waals surface area contributed by atoms with Crippen molar-refractivity contribution in [2.75, 3.05) is 33.2 Å². The fraction of sp³-hybridized carbons (Fsp3) is 0.257. The van der Waals surface area contributed by atoms with Crippen LogP contribution in [0.4, 0.5) is 13.2 Å².